The molecule has 8 heteroatoms. The van der Waals surface area contributed by atoms with Crippen LogP contribution < -0.4 is 0 Å². The maximum atomic E-state index is 12.0. The Morgan fingerprint density at radius 2 is 1.89 bits per heavy atom. The predicted molar refractivity (Wildman–Crippen MR) is 63.6 cm³/mol. The van der Waals surface area contributed by atoms with E-state index in [-0.39, 0.29) is 5.16 Å². The van der Waals surface area contributed by atoms with Gasteiger partial charge in [0.15, 0.2) is 5.82 Å². The third-order valence-electron chi connectivity index (χ3n) is 1.95. The van der Waals surface area contributed by atoms with E-state index in [0.29, 0.717) is 28.2 Å². The number of H-pyrrole nitrogens is 1. The Hall–Kier alpha value is -1.21. The van der Waals surface area contributed by atoms with E-state index in [4.69, 9.17) is 11.6 Å². The number of hydrogen-bond donors (Lipinski definition) is 1. The second kappa shape index (κ2) is 5.19. The Morgan fingerprint density at radius 3 is 2.50 bits per heavy atom. The summed E-state index contributed by atoms with van der Waals surface area (Å²) in [6.45, 7) is 0. The number of hydrogen-bond acceptors (Lipinski definition) is 3. The molecular weight excluding hydrogens is 287 g/mol. The molecule has 1 N–H and O–H groups in total. The summed E-state index contributed by atoms with van der Waals surface area (Å²) >= 11 is 6.27. The molecule has 2 rings (SSSR count). The number of aromatic nitrogens is 3. The maximum Gasteiger partial charge on any atom is 0.398 e. The minimum absolute atomic E-state index is 0.0669. The monoisotopic (exact) mass is 293 g/mol. The lowest BCUT2D eigenvalue weighted by Crippen LogP contribution is -2.10. The topological polar surface area (TPSA) is 41.6 Å². The molecule has 18 heavy (non-hydrogen) atoms. The molecule has 3 nitrogen and oxygen atoms in total. The van der Waals surface area contributed by atoms with Gasteiger partial charge < -0.3 is 0 Å². The molecule has 0 aliphatic carbocycles. The third kappa shape index (κ3) is 3.64. The maximum absolute atomic E-state index is 12.0. The molecule has 1 heterocycles. The molecule has 0 radical (unpaired) electrons. The molecule has 2 aromatic rings. The van der Waals surface area contributed by atoms with Gasteiger partial charge in [-0.3, -0.25) is 5.10 Å². The first kappa shape index (κ1) is 13.2. The van der Waals surface area contributed by atoms with Gasteiger partial charge >= 0.3 is 6.18 Å². The lowest BCUT2D eigenvalue weighted by molar-refractivity contribution is -0.105. The Balaban J connectivity index is 2.08. The minimum Gasteiger partial charge on any atom is -0.258 e. The summed E-state index contributed by atoms with van der Waals surface area (Å²) in [4.78, 5) is 3.97. The molecule has 0 saturated heterocycles. The first-order chi connectivity index (χ1) is 8.44. The van der Waals surface area contributed by atoms with Crippen LogP contribution in [0, 0.1) is 0 Å². The fraction of sp³-hybridized carbons (Fsp3) is 0.200. The molecule has 0 aliphatic heterocycles. The van der Waals surface area contributed by atoms with Crippen LogP contribution in [0.15, 0.2) is 29.4 Å². The highest BCUT2D eigenvalue weighted by Crippen LogP contribution is 2.26. The van der Waals surface area contributed by atoms with Crippen molar-refractivity contribution in [3.05, 3.63) is 29.3 Å². The highest BCUT2D eigenvalue weighted by Gasteiger charge is 2.28. The van der Waals surface area contributed by atoms with Gasteiger partial charge in [-0.1, -0.05) is 23.4 Å². The van der Waals surface area contributed by atoms with E-state index in [9.17, 15) is 13.2 Å². The Morgan fingerprint density at radius 1 is 1.22 bits per heavy atom. The minimum atomic E-state index is -4.23. The molecule has 0 saturated carbocycles. The smallest absolute Gasteiger partial charge is 0.258 e. The second-order valence-electron chi connectivity index (χ2n) is 3.38. The van der Waals surface area contributed by atoms with Crippen LogP contribution in [0.5, 0.6) is 0 Å². The zero-order valence-electron chi connectivity index (χ0n) is 8.83. The van der Waals surface area contributed by atoms with E-state index in [0.717, 1.165) is 0 Å². The van der Waals surface area contributed by atoms with E-state index >= 15 is 0 Å². The lowest BCUT2D eigenvalue weighted by Gasteiger charge is -2.01. The zero-order chi connectivity index (χ0) is 13.2. The van der Waals surface area contributed by atoms with E-state index in [1.54, 1.807) is 24.3 Å². The van der Waals surface area contributed by atoms with Crippen LogP contribution in [0.3, 0.4) is 0 Å². The molecule has 0 amide bonds. The van der Waals surface area contributed by atoms with Gasteiger partial charge in [-0.25, -0.2) is 4.98 Å². The van der Waals surface area contributed by atoms with Gasteiger partial charge in [0, 0.05) is 10.6 Å². The van der Waals surface area contributed by atoms with Crippen molar-refractivity contribution in [3.8, 4) is 11.4 Å². The number of thioether (sulfide) groups is 1. The molecule has 0 unspecified atom stereocenters. The fourth-order valence-corrected chi connectivity index (χ4v) is 1.88. The first-order valence-electron chi connectivity index (χ1n) is 4.82. The molecule has 0 fully saturated rings. The molecule has 0 aliphatic rings. The summed E-state index contributed by atoms with van der Waals surface area (Å²) in [7, 11) is 0. The van der Waals surface area contributed by atoms with E-state index in [1.807, 2.05) is 0 Å². The van der Waals surface area contributed by atoms with Gasteiger partial charge in [0.2, 0.25) is 5.16 Å². The highest BCUT2D eigenvalue weighted by atomic mass is 35.5. The predicted octanol–water partition coefficient (Wildman–Crippen LogP) is 3.78. The number of nitrogens with one attached hydrogen (secondary N) is 1. The van der Waals surface area contributed by atoms with Crippen molar-refractivity contribution in [2.45, 2.75) is 11.3 Å². The molecule has 0 bridgehead atoms. The van der Waals surface area contributed by atoms with Gasteiger partial charge in [0.25, 0.3) is 0 Å². The Kier molecular flexibility index (Phi) is 3.82. The molecule has 1 aromatic heterocycles. The van der Waals surface area contributed by atoms with Crippen molar-refractivity contribution in [3.63, 3.8) is 0 Å². The molecular formula is C10H7ClF3N3S. The molecule has 1 aromatic carbocycles. The summed E-state index contributed by atoms with van der Waals surface area (Å²) in [5.41, 5.74) is 0.714. The van der Waals surface area contributed by atoms with Crippen molar-refractivity contribution < 1.29 is 13.2 Å². The molecule has 0 spiro atoms. The first-order valence-corrected chi connectivity index (χ1v) is 6.18. The highest BCUT2D eigenvalue weighted by molar-refractivity contribution is 7.99. The van der Waals surface area contributed by atoms with Crippen LogP contribution in [-0.2, 0) is 0 Å². The lowest BCUT2D eigenvalue weighted by atomic mass is 10.2. The van der Waals surface area contributed by atoms with Crippen molar-refractivity contribution >= 4 is 23.4 Å². The van der Waals surface area contributed by atoms with Crippen molar-refractivity contribution in [1.82, 2.24) is 15.2 Å². The van der Waals surface area contributed by atoms with Crippen LogP contribution in [0.1, 0.15) is 0 Å². The number of nitrogens with zero attached hydrogens (tertiary/aromatic N) is 2. The average molecular weight is 294 g/mol. The number of rotatable bonds is 3. The van der Waals surface area contributed by atoms with Gasteiger partial charge in [0.1, 0.15) is 0 Å². The van der Waals surface area contributed by atoms with Crippen molar-refractivity contribution in [2.75, 3.05) is 5.75 Å². The average Bonchev–Trinajstić information content (AvgIpc) is 2.75. The number of halogens is 4. The summed E-state index contributed by atoms with van der Waals surface area (Å²) in [5, 5.41) is 6.94. The number of alkyl halides is 3. The van der Waals surface area contributed by atoms with Gasteiger partial charge in [-0.05, 0) is 24.3 Å². The van der Waals surface area contributed by atoms with Crippen LogP contribution in [0.2, 0.25) is 5.02 Å². The quantitative estimate of drug-likeness (QED) is 0.876. The van der Waals surface area contributed by atoms with Gasteiger partial charge in [-0.15, -0.1) is 5.10 Å². The third-order valence-corrected chi connectivity index (χ3v) is 3.11. The van der Waals surface area contributed by atoms with Gasteiger partial charge in [0.05, 0.1) is 5.75 Å². The number of benzene rings is 1. The largest absolute Gasteiger partial charge is 0.398 e. The van der Waals surface area contributed by atoms with Crippen LogP contribution in [0.25, 0.3) is 11.4 Å². The standard InChI is InChI=1S/C10H7ClF3N3S/c11-7-3-1-6(2-4-7)8-15-9(17-16-8)18-5-10(12,13)14/h1-4H,5H2,(H,15,16,17). The summed E-state index contributed by atoms with van der Waals surface area (Å²) in [5.74, 6) is -0.596. The Bertz CT molecular complexity index is 524. The fourth-order valence-electron chi connectivity index (χ4n) is 1.19. The van der Waals surface area contributed by atoms with E-state index < -0.39 is 11.9 Å². The summed E-state index contributed by atoms with van der Waals surface area (Å²) < 4.78 is 36.0. The second-order valence-corrected chi connectivity index (χ2v) is 4.76. The Labute approximate surface area is 110 Å². The van der Waals surface area contributed by atoms with Crippen molar-refractivity contribution in [2.24, 2.45) is 0 Å². The molecule has 96 valence electrons. The molecule has 0 atom stereocenters. The van der Waals surface area contributed by atoms with E-state index in [2.05, 4.69) is 15.2 Å². The SMILES string of the molecule is FC(F)(F)CSc1n[nH]c(-c2ccc(Cl)cc2)n1. The summed E-state index contributed by atoms with van der Waals surface area (Å²) in [6.07, 6.45) is -4.23. The number of aromatic amines is 1. The van der Waals surface area contributed by atoms with Crippen LogP contribution >= 0.6 is 23.4 Å². The summed E-state index contributed by atoms with van der Waals surface area (Å²) in [6, 6.07) is 6.76. The van der Waals surface area contributed by atoms with Crippen molar-refractivity contribution in [1.29, 1.82) is 0 Å². The van der Waals surface area contributed by atoms with E-state index in [1.165, 1.54) is 0 Å². The zero-order valence-corrected chi connectivity index (χ0v) is 10.4. The van der Waals surface area contributed by atoms with Crippen LogP contribution in [0.4, 0.5) is 13.2 Å². The normalized spacial score (nSPS) is 11.8. The van der Waals surface area contributed by atoms with Gasteiger partial charge in [-0.2, -0.15) is 13.2 Å². The van der Waals surface area contributed by atoms with Crippen LogP contribution in [-0.4, -0.2) is 27.1 Å².